The second kappa shape index (κ2) is 9.19. The number of phenols is 1. The van der Waals surface area contributed by atoms with Crippen LogP contribution >= 0.6 is 15.9 Å². The minimum Gasteiger partial charge on any atom is -0.507 e. The van der Waals surface area contributed by atoms with Crippen molar-refractivity contribution in [2.45, 2.75) is 13.0 Å². The molecule has 0 unspecified atom stereocenters. The summed E-state index contributed by atoms with van der Waals surface area (Å²) in [6, 6.07) is 22.5. The van der Waals surface area contributed by atoms with Gasteiger partial charge in [-0.3, -0.25) is 4.79 Å². The summed E-state index contributed by atoms with van der Waals surface area (Å²) in [5.41, 5.74) is 5.09. The largest absolute Gasteiger partial charge is 0.507 e. The van der Waals surface area contributed by atoms with Crippen molar-refractivity contribution in [3.05, 3.63) is 82.8 Å². The van der Waals surface area contributed by atoms with Gasteiger partial charge in [-0.25, -0.2) is 5.43 Å². The van der Waals surface area contributed by atoms with Crippen LogP contribution in [0.15, 0.2) is 82.4 Å². The molecule has 0 aliphatic carbocycles. The average Bonchev–Trinajstić information content (AvgIpc) is 2.71. The first-order valence-corrected chi connectivity index (χ1v) is 9.46. The maximum absolute atomic E-state index is 12.2. The molecule has 0 radical (unpaired) electrons. The lowest BCUT2D eigenvalue weighted by molar-refractivity contribution is -0.127. The maximum Gasteiger partial charge on any atom is 0.280 e. The molecule has 3 aromatic carbocycles. The zero-order valence-electron chi connectivity index (χ0n) is 15.2. The molecule has 142 valence electrons. The van der Waals surface area contributed by atoms with E-state index < -0.39 is 12.0 Å². The molecule has 2 N–H and O–H groups in total. The number of aromatic hydroxyl groups is 1. The average molecular weight is 439 g/mol. The molecule has 28 heavy (non-hydrogen) atoms. The molecule has 1 atom stereocenters. The Hall–Kier alpha value is -3.12. The first kappa shape index (κ1) is 19.6. The summed E-state index contributed by atoms with van der Waals surface area (Å²) in [5.74, 6) is 0.276. The van der Waals surface area contributed by atoms with Crippen molar-refractivity contribution in [1.29, 1.82) is 0 Å². The summed E-state index contributed by atoms with van der Waals surface area (Å²) in [6.07, 6.45) is 0.648. The fraction of sp³-hybridized carbons (Fsp3) is 0.0909. The highest BCUT2D eigenvalue weighted by Crippen LogP contribution is 2.23. The van der Waals surface area contributed by atoms with Crippen LogP contribution in [-0.4, -0.2) is 23.3 Å². The number of phenolic OH excluding ortho intramolecular Hbond substituents is 1. The summed E-state index contributed by atoms with van der Waals surface area (Å²) in [7, 11) is 0. The number of benzene rings is 3. The van der Waals surface area contributed by atoms with Gasteiger partial charge in [0.25, 0.3) is 5.91 Å². The molecule has 0 saturated carbocycles. The van der Waals surface area contributed by atoms with E-state index in [-0.39, 0.29) is 5.75 Å². The molecular weight excluding hydrogens is 420 g/mol. The molecule has 0 bridgehead atoms. The van der Waals surface area contributed by atoms with Crippen LogP contribution in [-0.2, 0) is 4.79 Å². The smallest absolute Gasteiger partial charge is 0.280 e. The number of carbonyl (C=O) groups is 1. The Morgan fingerprint density at radius 3 is 2.46 bits per heavy atom. The summed E-state index contributed by atoms with van der Waals surface area (Å²) in [5, 5.41) is 13.6. The highest BCUT2D eigenvalue weighted by atomic mass is 79.9. The lowest BCUT2D eigenvalue weighted by atomic mass is 10.1. The van der Waals surface area contributed by atoms with Crippen molar-refractivity contribution < 1.29 is 14.6 Å². The van der Waals surface area contributed by atoms with Gasteiger partial charge in [-0.2, -0.15) is 5.10 Å². The molecule has 6 heteroatoms. The first-order valence-electron chi connectivity index (χ1n) is 8.66. The predicted molar refractivity (Wildman–Crippen MR) is 114 cm³/mol. The Morgan fingerprint density at radius 1 is 1.07 bits per heavy atom. The van der Waals surface area contributed by atoms with E-state index in [2.05, 4.69) is 26.5 Å². The van der Waals surface area contributed by atoms with Crippen LogP contribution in [0.4, 0.5) is 0 Å². The fourth-order valence-electron chi connectivity index (χ4n) is 2.50. The predicted octanol–water partition coefficient (Wildman–Crippen LogP) is 4.74. The van der Waals surface area contributed by atoms with Gasteiger partial charge >= 0.3 is 0 Å². The van der Waals surface area contributed by atoms with E-state index >= 15 is 0 Å². The van der Waals surface area contributed by atoms with Gasteiger partial charge in [0.2, 0.25) is 0 Å². The number of halogens is 1. The molecule has 0 aliphatic heterocycles. The van der Waals surface area contributed by atoms with E-state index in [1.807, 2.05) is 54.6 Å². The molecule has 0 fully saturated rings. The Bertz CT molecular complexity index is 973. The van der Waals surface area contributed by atoms with E-state index in [0.717, 1.165) is 15.6 Å². The maximum atomic E-state index is 12.2. The zero-order chi connectivity index (χ0) is 19.9. The fourth-order valence-corrected chi connectivity index (χ4v) is 2.88. The summed E-state index contributed by atoms with van der Waals surface area (Å²) in [6.45, 7) is 1.65. The van der Waals surface area contributed by atoms with Crippen LogP contribution < -0.4 is 10.2 Å². The minimum atomic E-state index is -0.726. The van der Waals surface area contributed by atoms with Gasteiger partial charge in [-0.15, -0.1) is 0 Å². The topological polar surface area (TPSA) is 70.9 Å². The number of carbonyl (C=O) groups excluding carboxylic acids is 1. The summed E-state index contributed by atoms with van der Waals surface area (Å²) >= 11 is 3.32. The Morgan fingerprint density at radius 2 is 1.75 bits per heavy atom. The molecular formula is C22H19BrN2O3. The standard InChI is InChI=1S/C22H19BrN2O3/c1-15(22(27)25-24-14-18-13-19(23)9-12-21(18)26)28-20-10-7-17(8-11-20)16-5-3-2-4-6-16/h2-15,26H,1H3,(H,25,27)/b24-14-/t15-/m1/s1. The first-order chi connectivity index (χ1) is 13.5. The van der Waals surface area contributed by atoms with Gasteiger partial charge in [-0.1, -0.05) is 58.4 Å². The van der Waals surface area contributed by atoms with Crippen LogP contribution in [0.2, 0.25) is 0 Å². The highest BCUT2D eigenvalue weighted by molar-refractivity contribution is 9.10. The molecule has 0 saturated heterocycles. The van der Waals surface area contributed by atoms with Crippen molar-refractivity contribution in [2.75, 3.05) is 0 Å². The van der Waals surface area contributed by atoms with Crippen molar-refractivity contribution in [1.82, 2.24) is 5.43 Å². The van der Waals surface area contributed by atoms with Crippen molar-refractivity contribution in [2.24, 2.45) is 5.10 Å². The van der Waals surface area contributed by atoms with Crippen LogP contribution in [0, 0.1) is 0 Å². The molecule has 5 nitrogen and oxygen atoms in total. The van der Waals surface area contributed by atoms with Crippen molar-refractivity contribution in [3.8, 4) is 22.6 Å². The molecule has 0 aliphatic rings. The number of nitrogens with zero attached hydrogens (tertiary/aromatic N) is 1. The molecule has 3 aromatic rings. The number of nitrogens with one attached hydrogen (secondary N) is 1. The number of amides is 1. The minimum absolute atomic E-state index is 0.0732. The third kappa shape index (κ3) is 5.20. The van der Waals surface area contributed by atoms with E-state index in [1.54, 1.807) is 19.1 Å². The molecule has 3 rings (SSSR count). The summed E-state index contributed by atoms with van der Waals surface area (Å²) in [4.78, 5) is 12.2. The van der Waals surface area contributed by atoms with Gasteiger partial charge in [0.1, 0.15) is 11.5 Å². The number of hydrogen-bond acceptors (Lipinski definition) is 4. The lowest BCUT2D eigenvalue weighted by Gasteiger charge is -2.13. The van der Waals surface area contributed by atoms with Gasteiger partial charge in [0.05, 0.1) is 6.21 Å². The van der Waals surface area contributed by atoms with Crippen molar-refractivity contribution >= 4 is 28.1 Å². The van der Waals surface area contributed by atoms with E-state index in [4.69, 9.17) is 4.74 Å². The number of ether oxygens (including phenoxy) is 1. The summed E-state index contributed by atoms with van der Waals surface area (Å²) < 4.78 is 6.47. The van der Waals surface area contributed by atoms with Gasteiger partial charge in [0, 0.05) is 10.0 Å². The monoisotopic (exact) mass is 438 g/mol. The molecule has 0 aromatic heterocycles. The third-order valence-electron chi connectivity index (χ3n) is 4.01. The number of rotatable bonds is 6. The quantitative estimate of drug-likeness (QED) is 0.431. The van der Waals surface area contributed by atoms with Crippen LogP contribution in [0.3, 0.4) is 0 Å². The van der Waals surface area contributed by atoms with E-state index in [9.17, 15) is 9.90 Å². The van der Waals surface area contributed by atoms with Gasteiger partial charge < -0.3 is 9.84 Å². The van der Waals surface area contributed by atoms with Gasteiger partial charge in [0.15, 0.2) is 6.10 Å². The molecule has 0 heterocycles. The zero-order valence-corrected chi connectivity index (χ0v) is 16.8. The van der Waals surface area contributed by atoms with Crippen LogP contribution in [0.1, 0.15) is 12.5 Å². The third-order valence-corrected chi connectivity index (χ3v) is 4.50. The van der Waals surface area contributed by atoms with E-state index in [0.29, 0.717) is 11.3 Å². The Balaban J connectivity index is 1.56. The number of hydrazone groups is 1. The highest BCUT2D eigenvalue weighted by Gasteiger charge is 2.14. The van der Waals surface area contributed by atoms with Crippen molar-refractivity contribution in [3.63, 3.8) is 0 Å². The Labute approximate surface area is 171 Å². The lowest BCUT2D eigenvalue weighted by Crippen LogP contribution is -2.33. The van der Waals surface area contributed by atoms with E-state index in [1.165, 1.54) is 12.3 Å². The normalized spacial score (nSPS) is 11.9. The van der Waals surface area contributed by atoms with Crippen LogP contribution in [0.25, 0.3) is 11.1 Å². The molecule has 1 amide bonds. The second-order valence-electron chi connectivity index (χ2n) is 6.09. The Kier molecular flexibility index (Phi) is 6.45. The van der Waals surface area contributed by atoms with Gasteiger partial charge in [-0.05, 0) is 48.4 Å². The number of hydrogen-bond donors (Lipinski definition) is 2. The SMILES string of the molecule is C[C@@H](Oc1ccc(-c2ccccc2)cc1)C(=O)N/N=C\c1cc(Br)ccc1O. The molecule has 0 spiro atoms. The second-order valence-corrected chi connectivity index (χ2v) is 7.00. The van der Waals surface area contributed by atoms with Crippen LogP contribution in [0.5, 0.6) is 11.5 Å².